The van der Waals surface area contributed by atoms with E-state index in [1.807, 2.05) is 0 Å². The first-order chi connectivity index (χ1) is 7.97. The molecule has 1 aromatic carbocycles. The quantitative estimate of drug-likeness (QED) is 0.354. The molecule has 0 unspecified atom stereocenters. The summed E-state index contributed by atoms with van der Waals surface area (Å²) >= 11 is 0. The van der Waals surface area contributed by atoms with Crippen molar-refractivity contribution in [3.63, 3.8) is 0 Å². The second kappa shape index (κ2) is 5.42. The number of rotatable bonds is 4. The minimum absolute atomic E-state index is 0.1000. The summed E-state index contributed by atoms with van der Waals surface area (Å²) in [5, 5.41) is 31.1. The van der Waals surface area contributed by atoms with Crippen LogP contribution in [-0.2, 0) is 0 Å². The Morgan fingerprint density at radius 2 is 2.18 bits per heavy atom. The number of nitro groups is 1. The molecule has 0 heterocycles. The molecule has 8 heteroatoms. The highest BCUT2D eigenvalue weighted by Gasteiger charge is 2.25. The lowest BCUT2D eigenvalue weighted by Gasteiger charge is -2.05. The Balaban J connectivity index is 3.19. The van der Waals surface area contributed by atoms with E-state index in [0.29, 0.717) is 6.54 Å². The fourth-order valence-electron chi connectivity index (χ4n) is 1.32. The van der Waals surface area contributed by atoms with E-state index in [4.69, 9.17) is 10.0 Å². The summed E-state index contributed by atoms with van der Waals surface area (Å²) in [6.45, 7) is 2.12. The molecule has 7 nitrogen and oxygen atoms in total. The van der Waals surface area contributed by atoms with E-state index >= 15 is 0 Å². The monoisotopic (exact) mass is 238 g/mol. The molecule has 1 aromatic rings. The van der Waals surface area contributed by atoms with Crippen molar-refractivity contribution < 1.29 is 19.8 Å². The van der Waals surface area contributed by atoms with Crippen molar-refractivity contribution in [3.05, 3.63) is 33.9 Å². The van der Waals surface area contributed by atoms with E-state index < -0.39 is 23.6 Å². The SMILES string of the molecule is CCNC(=O)c1ccc(B(O)O)c([N+](=O)[O-])c1. The molecule has 0 spiro atoms. The van der Waals surface area contributed by atoms with Gasteiger partial charge in [-0.2, -0.15) is 0 Å². The van der Waals surface area contributed by atoms with Crippen LogP contribution >= 0.6 is 0 Å². The average Bonchev–Trinajstić information content (AvgIpc) is 2.28. The van der Waals surface area contributed by atoms with Gasteiger partial charge in [-0.1, -0.05) is 6.07 Å². The average molecular weight is 238 g/mol. The van der Waals surface area contributed by atoms with Crippen LogP contribution in [0.5, 0.6) is 0 Å². The van der Waals surface area contributed by atoms with Gasteiger partial charge in [-0.25, -0.2) is 0 Å². The van der Waals surface area contributed by atoms with Crippen molar-refractivity contribution in [2.24, 2.45) is 0 Å². The van der Waals surface area contributed by atoms with Gasteiger partial charge in [-0.15, -0.1) is 0 Å². The predicted octanol–water partition coefficient (Wildman–Crippen LogP) is -0.976. The summed E-state index contributed by atoms with van der Waals surface area (Å²) in [7, 11) is -1.95. The van der Waals surface area contributed by atoms with Crippen molar-refractivity contribution in [2.45, 2.75) is 6.92 Å². The summed E-state index contributed by atoms with van der Waals surface area (Å²) in [6, 6.07) is 3.46. The van der Waals surface area contributed by atoms with E-state index in [-0.39, 0.29) is 11.0 Å². The summed E-state index contributed by atoms with van der Waals surface area (Å²) < 4.78 is 0. The molecule has 0 fully saturated rings. The second-order valence-corrected chi connectivity index (χ2v) is 3.26. The Labute approximate surface area is 97.4 Å². The lowest BCUT2D eigenvalue weighted by molar-refractivity contribution is -0.383. The molecule has 1 rings (SSSR count). The van der Waals surface area contributed by atoms with E-state index in [0.717, 1.165) is 12.1 Å². The third-order valence-corrected chi connectivity index (χ3v) is 2.10. The van der Waals surface area contributed by atoms with Gasteiger partial charge in [-0.05, 0) is 13.0 Å². The standard InChI is InChI=1S/C9H11BN2O5/c1-2-11-9(13)6-3-4-7(10(14)15)8(5-6)12(16)17/h3-5,14-15H,2H2,1H3,(H,11,13). The first-order valence-electron chi connectivity index (χ1n) is 4.90. The molecule has 0 atom stereocenters. The first-order valence-corrected chi connectivity index (χ1v) is 4.90. The highest BCUT2D eigenvalue weighted by atomic mass is 16.6. The highest BCUT2D eigenvalue weighted by Crippen LogP contribution is 2.11. The van der Waals surface area contributed by atoms with Gasteiger partial charge in [0.05, 0.1) is 10.4 Å². The van der Waals surface area contributed by atoms with Crippen LogP contribution in [0.3, 0.4) is 0 Å². The molecule has 0 aliphatic heterocycles. The second-order valence-electron chi connectivity index (χ2n) is 3.26. The third-order valence-electron chi connectivity index (χ3n) is 2.10. The van der Waals surface area contributed by atoms with Crippen molar-refractivity contribution in [3.8, 4) is 0 Å². The minimum atomic E-state index is -1.95. The number of nitrogens with zero attached hydrogens (tertiary/aromatic N) is 1. The molecule has 0 aromatic heterocycles. The van der Waals surface area contributed by atoms with Gasteiger partial charge in [0.1, 0.15) is 0 Å². The van der Waals surface area contributed by atoms with Crippen LogP contribution in [0.2, 0.25) is 0 Å². The van der Waals surface area contributed by atoms with Crippen LogP contribution in [0.1, 0.15) is 17.3 Å². The van der Waals surface area contributed by atoms with Crippen LogP contribution in [0.15, 0.2) is 18.2 Å². The maximum atomic E-state index is 11.4. The molecule has 1 amide bonds. The van der Waals surface area contributed by atoms with Crippen LogP contribution in [0, 0.1) is 10.1 Å². The number of nitrogens with one attached hydrogen (secondary N) is 1. The summed E-state index contributed by atoms with van der Waals surface area (Å²) in [5.74, 6) is -0.449. The van der Waals surface area contributed by atoms with Crippen molar-refractivity contribution in [2.75, 3.05) is 6.54 Å². The zero-order chi connectivity index (χ0) is 13.0. The molecular formula is C9H11BN2O5. The van der Waals surface area contributed by atoms with Crippen LogP contribution in [-0.4, -0.2) is 34.5 Å². The fraction of sp³-hybridized carbons (Fsp3) is 0.222. The molecule has 0 aliphatic rings. The van der Waals surface area contributed by atoms with Gasteiger partial charge in [0, 0.05) is 18.2 Å². The van der Waals surface area contributed by atoms with Crippen LogP contribution in [0.25, 0.3) is 0 Å². The van der Waals surface area contributed by atoms with Gasteiger partial charge in [-0.3, -0.25) is 14.9 Å². The van der Waals surface area contributed by atoms with Gasteiger partial charge >= 0.3 is 7.12 Å². The van der Waals surface area contributed by atoms with Gasteiger partial charge in [0.2, 0.25) is 0 Å². The summed E-state index contributed by atoms with van der Waals surface area (Å²) in [4.78, 5) is 21.4. The number of amides is 1. The lowest BCUT2D eigenvalue weighted by Crippen LogP contribution is -2.33. The number of carbonyl (C=O) groups excluding carboxylic acids is 1. The summed E-state index contributed by atoms with van der Waals surface area (Å²) in [6.07, 6.45) is 0. The molecular weight excluding hydrogens is 227 g/mol. The van der Waals surface area contributed by atoms with Crippen molar-refractivity contribution >= 4 is 24.2 Å². The third kappa shape index (κ3) is 3.02. The van der Waals surface area contributed by atoms with Gasteiger partial charge < -0.3 is 15.4 Å². The Morgan fingerprint density at radius 3 is 2.65 bits per heavy atom. The minimum Gasteiger partial charge on any atom is -0.423 e. The molecule has 90 valence electrons. The number of nitro benzene ring substituents is 1. The molecule has 0 saturated carbocycles. The Kier molecular flexibility index (Phi) is 4.19. The van der Waals surface area contributed by atoms with Gasteiger partial charge in [0.15, 0.2) is 0 Å². The Morgan fingerprint density at radius 1 is 1.53 bits per heavy atom. The highest BCUT2D eigenvalue weighted by molar-refractivity contribution is 6.60. The molecule has 0 bridgehead atoms. The molecule has 0 saturated heterocycles. The van der Waals surface area contributed by atoms with E-state index in [1.54, 1.807) is 6.92 Å². The zero-order valence-electron chi connectivity index (χ0n) is 9.08. The zero-order valence-corrected chi connectivity index (χ0v) is 9.08. The normalized spacial score (nSPS) is 9.82. The predicted molar refractivity (Wildman–Crippen MR) is 60.9 cm³/mol. The number of carbonyl (C=O) groups is 1. The first kappa shape index (κ1) is 13.1. The summed E-state index contributed by atoms with van der Waals surface area (Å²) in [5.41, 5.74) is -0.644. The Bertz CT molecular complexity index is 449. The van der Waals surface area contributed by atoms with Gasteiger partial charge in [0.25, 0.3) is 11.6 Å². The van der Waals surface area contributed by atoms with Crippen molar-refractivity contribution in [1.29, 1.82) is 0 Å². The molecule has 17 heavy (non-hydrogen) atoms. The number of benzene rings is 1. The maximum absolute atomic E-state index is 11.4. The molecule has 0 radical (unpaired) electrons. The largest absolute Gasteiger partial charge is 0.495 e. The fourth-order valence-corrected chi connectivity index (χ4v) is 1.32. The van der Waals surface area contributed by atoms with Crippen molar-refractivity contribution in [1.82, 2.24) is 5.32 Å². The van der Waals surface area contributed by atoms with E-state index in [1.165, 1.54) is 6.07 Å². The maximum Gasteiger partial charge on any atom is 0.495 e. The smallest absolute Gasteiger partial charge is 0.423 e. The van der Waals surface area contributed by atoms with Crippen LogP contribution < -0.4 is 10.8 Å². The van der Waals surface area contributed by atoms with Crippen LogP contribution in [0.4, 0.5) is 5.69 Å². The number of hydrogen-bond acceptors (Lipinski definition) is 5. The topological polar surface area (TPSA) is 113 Å². The Hall–Kier alpha value is -1.93. The molecule has 3 N–H and O–H groups in total. The van der Waals surface area contributed by atoms with E-state index in [2.05, 4.69) is 5.32 Å². The van der Waals surface area contributed by atoms with E-state index in [9.17, 15) is 14.9 Å². The molecule has 0 aliphatic carbocycles. The number of hydrogen-bond donors (Lipinski definition) is 3. The lowest BCUT2D eigenvalue weighted by atomic mass is 9.78.